The first-order valence-electron chi connectivity index (χ1n) is 13.3. The van der Waals surface area contributed by atoms with Gasteiger partial charge in [-0.2, -0.15) is 0 Å². The quantitative estimate of drug-likeness (QED) is 0.313. The van der Waals surface area contributed by atoms with E-state index in [9.17, 15) is 4.21 Å². The summed E-state index contributed by atoms with van der Waals surface area (Å²) in [6.07, 6.45) is 5.16. The van der Waals surface area contributed by atoms with Crippen LogP contribution in [0.1, 0.15) is 66.7 Å². The molecule has 0 aliphatic carbocycles. The van der Waals surface area contributed by atoms with Crippen molar-refractivity contribution in [2.75, 3.05) is 13.2 Å². The Morgan fingerprint density at radius 3 is 2.11 bits per heavy atom. The van der Waals surface area contributed by atoms with Crippen LogP contribution in [0.4, 0.5) is 0 Å². The third-order valence-electron chi connectivity index (χ3n) is 6.84. The molecule has 35 heavy (non-hydrogen) atoms. The molecule has 6 heteroatoms. The van der Waals surface area contributed by atoms with Crippen LogP contribution in [-0.4, -0.2) is 42.2 Å². The zero-order valence-electron chi connectivity index (χ0n) is 22.3. The van der Waals surface area contributed by atoms with Crippen molar-refractivity contribution < 1.29 is 13.7 Å². The molecule has 1 aliphatic heterocycles. The van der Waals surface area contributed by atoms with Gasteiger partial charge in [0.25, 0.3) is 0 Å². The van der Waals surface area contributed by atoms with E-state index in [1.54, 1.807) is 0 Å². The smallest absolute Gasteiger partial charge is 0.157 e. The Morgan fingerprint density at radius 2 is 1.63 bits per heavy atom. The highest BCUT2D eigenvalue weighted by molar-refractivity contribution is 7.84. The van der Waals surface area contributed by atoms with Gasteiger partial charge in [-0.25, -0.2) is 8.93 Å². The SMILES string of the molecule is CC(C)C[C@H](NS(=O)C(C)(C)C)[Si](CCCOC1CCCCO1)(c1ccccc1)c1ccccc1. The van der Waals surface area contributed by atoms with E-state index in [0.717, 1.165) is 38.3 Å². The summed E-state index contributed by atoms with van der Waals surface area (Å²) in [6, 6.07) is 23.0. The molecular weight excluding hydrogens is 470 g/mol. The van der Waals surface area contributed by atoms with E-state index < -0.39 is 19.1 Å². The van der Waals surface area contributed by atoms with Crippen molar-refractivity contribution in [1.82, 2.24) is 4.72 Å². The second-order valence-electron chi connectivity index (χ2n) is 11.2. The average Bonchev–Trinajstić information content (AvgIpc) is 2.85. The summed E-state index contributed by atoms with van der Waals surface area (Å²) in [5.41, 5.74) is 0.137. The summed E-state index contributed by atoms with van der Waals surface area (Å²) in [4.78, 5) is 0. The molecule has 1 saturated heterocycles. The van der Waals surface area contributed by atoms with Crippen molar-refractivity contribution in [3.63, 3.8) is 0 Å². The van der Waals surface area contributed by atoms with Crippen molar-refractivity contribution >= 4 is 29.4 Å². The van der Waals surface area contributed by atoms with Crippen LogP contribution >= 0.6 is 0 Å². The number of hydrogen-bond donors (Lipinski definition) is 1. The van der Waals surface area contributed by atoms with Crippen molar-refractivity contribution in [2.45, 2.75) is 89.5 Å². The summed E-state index contributed by atoms with van der Waals surface area (Å²) in [5.74, 6) is 0.482. The van der Waals surface area contributed by atoms with Gasteiger partial charge in [-0.1, -0.05) is 84.9 Å². The third kappa shape index (κ3) is 7.83. The third-order valence-corrected chi connectivity index (χ3v) is 14.1. The molecule has 2 aromatic rings. The van der Waals surface area contributed by atoms with Gasteiger partial charge in [0, 0.05) is 18.9 Å². The standard InChI is InChI=1S/C29H45NO3SSi/c1-24(2)23-27(30-34(31)29(3,4)5)35(25-15-8-6-9-16-25,26-17-10-7-11-18-26)22-14-21-33-28-19-12-13-20-32-28/h6-11,15-18,24,27-28,30H,12-14,19-23H2,1-5H3/t27-,28?,34?/m1/s1. The summed E-state index contributed by atoms with van der Waals surface area (Å²) >= 11 is 0. The number of nitrogens with one attached hydrogen (secondary N) is 1. The van der Waals surface area contributed by atoms with E-state index in [2.05, 4.69) is 100 Å². The maximum absolute atomic E-state index is 13.5. The monoisotopic (exact) mass is 515 g/mol. The van der Waals surface area contributed by atoms with Gasteiger partial charge in [0.15, 0.2) is 6.29 Å². The highest BCUT2D eigenvalue weighted by Gasteiger charge is 2.45. The van der Waals surface area contributed by atoms with Crippen molar-refractivity contribution in [1.29, 1.82) is 0 Å². The number of hydrogen-bond acceptors (Lipinski definition) is 3. The van der Waals surface area contributed by atoms with Gasteiger partial charge in [0.05, 0.1) is 15.7 Å². The van der Waals surface area contributed by atoms with Gasteiger partial charge in [-0.05, 0) is 64.8 Å². The molecule has 0 spiro atoms. The second kappa shape index (κ2) is 13.3. The largest absolute Gasteiger partial charge is 0.353 e. The molecule has 3 rings (SSSR count). The van der Waals surface area contributed by atoms with E-state index in [-0.39, 0.29) is 16.7 Å². The fourth-order valence-electron chi connectivity index (χ4n) is 5.04. The molecule has 0 saturated carbocycles. The van der Waals surface area contributed by atoms with Crippen molar-refractivity contribution in [3.05, 3.63) is 60.7 Å². The lowest BCUT2D eigenvalue weighted by Crippen LogP contribution is -2.71. The summed E-state index contributed by atoms with van der Waals surface area (Å²) < 4.78 is 28.8. The molecule has 2 aromatic carbocycles. The van der Waals surface area contributed by atoms with Crippen molar-refractivity contribution in [3.8, 4) is 0 Å². The van der Waals surface area contributed by atoms with E-state index in [1.807, 2.05) is 0 Å². The van der Waals surface area contributed by atoms with Crippen LogP contribution in [0.5, 0.6) is 0 Å². The van der Waals surface area contributed by atoms with Gasteiger partial charge >= 0.3 is 0 Å². The number of ether oxygens (including phenoxy) is 2. The highest BCUT2D eigenvalue weighted by Crippen LogP contribution is 2.26. The predicted octanol–water partition coefficient (Wildman–Crippen LogP) is 5.19. The van der Waals surface area contributed by atoms with Crippen LogP contribution in [0.25, 0.3) is 0 Å². The first-order chi connectivity index (χ1) is 16.7. The normalized spacial score (nSPS) is 19.0. The van der Waals surface area contributed by atoms with Gasteiger partial charge in [0.2, 0.25) is 0 Å². The molecule has 2 unspecified atom stereocenters. The molecule has 0 bridgehead atoms. The first-order valence-corrected chi connectivity index (χ1v) is 16.7. The van der Waals surface area contributed by atoms with Gasteiger partial charge in [-0.3, -0.25) is 0 Å². The van der Waals surface area contributed by atoms with Crippen LogP contribution < -0.4 is 15.1 Å². The zero-order valence-corrected chi connectivity index (χ0v) is 24.1. The Balaban J connectivity index is 2.00. The van der Waals surface area contributed by atoms with Gasteiger partial charge in [-0.15, -0.1) is 0 Å². The maximum Gasteiger partial charge on any atom is 0.157 e. The molecule has 0 aromatic heterocycles. The number of rotatable bonds is 12. The molecule has 4 nitrogen and oxygen atoms in total. The van der Waals surface area contributed by atoms with E-state index in [1.165, 1.54) is 16.8 Å². The molecule has 0 radical (unpaired) electrons. The molecule has 1 N–H and O–H groups in total. The molecule has 194 valence electrons. The first kappa shape index (κ1) is 28.3. The Kier molecular flexibility index (Phi) is 10.7. The molecular formula is C29H45NO3SSi. The van der Waals surface area contributed by atoms with E-state index in [4.69, 9.17) is 9.47 Å². The predicted molar refractivity (Wildman–Crippen MR) is 151 cm³/mol. The minimum absolute atomic E-state index is 0.0637. The topological polar surface area (TPSA) is 47.6 Å². The van der Waals surface area contributed by atoms with Crippen LogP contribution in [0.2, 0.25) is 6.04 Å². The Labute approximate surface area is 216 Å². The fraction of sp³-hybridized carbons (Fsp3) is 0.586. The minimum Gasteiger partial charge on any atom is -0.353 e. The fourth-order valence-corrected chi connectivity index (χ4v) is 12.1. The zero-order chi connectivity index (χ0) is 25.3. The lowest BCUT2D eigenvalue weighted by molar-refractivity contribution is -0.162. The maximum atomic E-state index is 13.5. The molecule has 1 heterocycles. The second-order valence-corrected chi connectivity index (χ2v) is 17.4. The Hall–Kier alpha value is -1.31. The number of benzene rings is 2. The van der Waals surface area contributed by atoms with E-state index >= 15 is 0 Å². The van der Waals surface area contributed by atoms with Crippen molar-refractivity contribution in [2.24, 2.45) is 5.92 Å². The summed E-state index contributed by atoms with van der Waals surface area (Å²) in [6.45, 7) is 12.2. The lowest BCUT2D eigenvalue weighted by Gasteiger charge is -2.42. The Bertz CT molecular complexity index is 856. The van der Waals surface area contributed by atoms with Gasteiger partial charge in [0.1, 0.15) is 8.07 Å². The van der Waals surface area contributed by atoms with Crippen LogP contribution in [-0.2, 0) is 20.5 Å². The highest BCUT2D eigenvalue weighted by atomic mass is 32.2. The van der Waals surface area contributed by atoms with E-state index in [0.29, 0.717) is 12.5 Å². The van der Waals surface area contributed by atoms with Crippen LogP contribution in [0, 0.1) is 5.92 Å². The molecule has 1 aliphatic rings. The molecule has 1 fully saturated rings. The summed E-state index contributed by atoms with van der Waals surface area (Å²) in [7, 11) is -3.55. The summed E-state index contributed by atoms with van der Waals surface area (Å²) in [5, 5.41) is 2.79. The molecule has 0 amide bonds. The Morgan fingerprint density at radius 1 is 1.03 bits per heavy atom. The average molecular weight is 516 g/mol. The lowest BCUT2D eigenvalue weighted by atomic mass is 10.1. The van der Waals surface area contributed by atoms with Gasteiger partial charge < -0.3 is 9.47 Å². The van der Waals surface area contributed by atoms with Crippen LogP contribution in [0.3, 0.4) is 0 Å². The minimum atomic E-state index is -2.39. The molecule has 3 atom stereocenters. The van der Waals surface area contributed by atoms with Crippen LogP contribution in [0.15, 0.2) is 60.7 Å².